The first-order chi connectivity index (χ1) is 10.5. The summed E-state index contributed by atoms with van der Waals surface area (Å²) in [6.45, 7) is 3.47. The topological polar surface area (TPSA) is 106 Å². The molecule has 2 aliphatic heterocycles. The highest BCUT2D eigenvalue weighted by Crippen LogP contribution is 2.32. The largest absolute Gasteiger partial charge is 0.411 e. The first-order valence-corrected chi connectivity index (χ1v) is 8.10. The van der Waals surface area contributed by atoms with Gasteiger partial charge in [0.05, 0.1) is 12.5 Å². The molecule has 2 aliphatic rings. The van der Waals surface area contributed by atoms with Crippen LogP contribution in [-0.4, -0.2) is 69.7 Å². The predicted octanol–water partition coefficient (Wildman–Crippen LogP) is 0.681. The summed E-state index contributed by atoms with van der Waals surface area (Å²) in [5.74, 6) is -1.30. The first kappa shape index (κ1) is 19.3. The zero-order valence-corrected chi connectivity index (χ0v) is 14.6. The molecule has 5 atom stereocenters. The van der Waals surface area contributed by atoms with Crippen molar-refractivity contribution in [3.05, 3.63) is 0 Å². The molecule has 0 aromatic rings. The van der Waals surface area contributed by atoms with Crippen molar-refractivity contribution in [3.63, 3.8) is 0 Å². The minimum absolute atomic E-state index is 0.127. The fourth-order valence-electron chi connectivity index (χ4n) is 2.34. The van der Waals surface area contributed by atoms with Gasteiger partial charge < -0.3 is 34.5 Å². The van der Waals surface area contributed by atoms with Crippen LogP contribution in [0.2, 0.25) is 0 Å². The highest BCUT2D eigenvalue weighted by Gasteiger charge is 2.51. The Labute approximate surface area is 147 Å². The fourth-order valence-corrected chi connectivity index (χ4v) is 2.54. The quantitative estimate of drug-likeness (QED) is 0.604. The molecule has 2 fully saturated rings. The molecule has 0 spiro atoms. The number of hydrogen-bond acceptors (Lipinski definition) is 7. The molecule has 0 aromatic carbocycles. The lowest BCUT2D eigenvalue weighted by atomic mass is 9.95. The fraction of sp³-hybridized carbons (Fsp3) is 0.917. The minimum Gasteiger partial charge on any atom is -0.411 e. The van der Waals surface area contributed by atoms with E-state index in [0.29, 0.717) is 0 Å². The molecule has 8 nitrogen and oxygen atoms in total. The molecule has 3 N–H and O–H groups in total. The zero-order valence-electron chi connectivity index (χ0n) is 12.4. The summed E-state index contributed by atoms with van der Waals surface area (Å²) in [5, 5.41) is 22.6. The van der Waals surface area contributed by atoms with Crippen LogP contribution in [0.4, 0.5) is 4.79 Å². The lowest BCUT2D eigenvalue weighted by Crippen LogP contribution is -2.68. The standard InChI is InChI=1S/C12H18Cl3NO7/c1-11(2)20-3-5-8(22-11)7(17)6(9(18)21-5)16-10(19)23-12(14,15)4-13/h5-9,17-18H,3-4H2,1-2H3,(H,16,19)/t5-,6-,7-,8-,9+/m1/s1. The van der Waals surface area contributed by atoms with Crippen molar-refractivity contribution in [2.75, 3.05) is 12.5 Å². The molecule has 0 unspecified atom stereocenters. The second kappa shape index (κ2) is 7.05. The Morgan fingerprint density at radius 2 is 2.09 bits per heavy atom. The molecule has 134 valence electrons. The Balaban J connectivity index is 2.03. The molecule has 23 heavy (non-hydrogen) atoms. The number of alkyl carbamates (subject to hydrolysis) is 1. The van der Waals surface area contributed by atoms with Gasteiger partial charge in [0, 0.05) is 0 Å². The molecule has 2 saturated heterocycles. The smallest absolute Gasteiger partial charge is 0.410 e. The number of ether oxygens (including phenoxy) is 4. The van der Waals surface area contributed by atoms with Crippen molar-refractivity contribution < 1.29 is 34.0 Å². The van der Waals surface area contributed by atoms with Gasteiger partial charge in [-0.25, -0.2) is 4.79 Å². The summed E-state index contributed by atoms with van der Waals surface area (Å²) in [7, 11) is 0. The Bertz CT molecular complexity index is 450. The normalized spacial score (nSPS) is 36.9. The van der Waals surface area contributed by atoms with Crippen LogP contribution < -0.4 is 5.32 Å². The van der Waals surface area contributed by atoms with Crippen molar-refractivity contribution >= 4 is 40.9 Å². The Morgan fingerprint density at radius 1 is 1.43 bits per heavy atom. The van der Waals surface area contributed by atoms with Gasteiger partial charge in [0.25, 0.3) is 4.52 Å². The summed E-state index contributed by atoms with van der Waals surface area (Å²) in [4.78, 5) is 11.8. The van der Waals surface area contributed by atoms with Gasteiger partial charge in [-0.1, -0.05) is 23.2 Å². The third-order valence-electron chi connectivity index (χ3n) is 3.39. The Hall–Kier alpha value is -0.0600. The number of aliphatic hydroxyl groups excluding tert-OH is 2. The molecule has 2 heterocycles. The number of amides is 1. The van der Waals surface area contributed by atoms with E-state index in [-0.39, 0.29) is 12.5 Å². The zero-order chi connectivity index (χ0) is 17.4. The number of carbonyl (C=O) groups excluding carboxylic acids is 1. The molecular weight excluding hydrogens is 376 g/mol. The predicted molar refractivity (Wildman–Crippen MR) is 80.4 cm³/mol. The lowest BCUT2D eigenvalue weighted by molar-refractivity contribution is -0.364. The SMILES string of the molecule is CC1(C)OC[C@H]2O[C@H](O)[C@H](NC(=O)OC(Cl)(Cl)CCl)[C@@H](O)[C@@H]2O1. The average molecular weight is 395 g/mol. The van der Waals surface area contributed by atoms with Gasteiger partial charge in [-0.15, -0.1) is 11.6 Å². The number of carbonyl (C=O) groups is 1. The molecule has 0 radical (unpaired) electrons. The summed E-state index contributed by atoms with van der Waals surface area (Å²) in [6.07, 6.45) is -5.33. The van der Waals surface area contributed by atoms with Crippen molar-refractivity contribution in [1.29, 1.82) is 0 Å². The Kier molecular flexibility index (Phi) is 5.91. The van der Waals surface area contributed by atoms with Gasteiger partial charge in [0.2, 0.25) is 0 Å². The van der Waals surface area contributed by atoms with Gasteiger partial charge in [0.15, 0.2) is 12.1 Å². The molecule has 2 rings (SSSR count). The van der Waals surface area contributed by atoms with E-state index in [2.05, 4.69) is 10.1 Å². The molecule has 0 saturated carbocycles. The first-order valence-electron chi connectivity index (χ1n) is 6.81. The highest BCUT2D eigenvalue weighted by molar-refractivity contribution is 6.50. The van der Waals surface area contributed by atoms with Crippen LogP contribution in [-0.2, 0) is 18.9 Å². The molecule has 0 bridgehead atoms. The van der Waals surface area contributed by atoms with E-state index in [1.807, 2.05) is 0 Å². The third-order valence-corrected chi connectivity index (χ3v) is 4.46. The van der Waals surface area contributed by atoms with E-state index in [0.717, 1.165) is 0 Å². The number of aliphatic hydroxyl groups is 2. The molecule has 0 aromatic heterocycles. The van der Waals surface area contributed by atoms with Crippen molar-refractivity contribution in [2.45, 2.75) is 54.8 Å². The van der Waals surface area contributed by atoms with E-state index in [9.17, 15) is 15.0 Å². The summed E-state index contributed by atoms with van der Waals surface area (Å²) >= 11 is 16.6. The number of alkyl halides is 3. The second-order valence-corrected chi connectivity index (χ2v) is 7.36. The monoisotopic (exact) mass is 393 g/mol. The average Bonchev–Trinajstić information content (AvgIpc) is 2.44. The number of rotatable bonds is 3. The summed E-state index contributed by atoms with van der Waals surface area (Å²) in [5.41, 5.74) is 0. The van der Waals surface area contributed by atoms with Crippen molar-refractivity contribution in [3.8, 4) is 0 Å². The van der Waals surface area contributed by atoms with Crippen LogP contribution in [0.25, 0.3) is 0 Å². The van der Waals surface area contributed by atoms with Crippen LogP contribution in [0.15, 0.2) is 0 Å². The molecular formula is C12H18Cl3NO7. The van der Waals surface area contributed by atoms with Gasteiger partial charge in [0.1, 0.15) is 24.4 Å². The van der Waals surface area contributed by atoms with Crippen LogP contribution in [0.3, 0.4) is 0 Å². The highest BCUT2D eigenvalue weighted by atomic mass is 35.5. The van der Waals surface area contributed by atoms with Gasteiger partial charge in [-0.2, -0.15) is 0 Å². The number of hydrogen-bond donors (Lipinski definition) is 3. The maximum absolute atomic E-state index is 11.8. The van der Waals surface area contributed by atoms with E-state index in [4.69, 9.17) is 49.0 Å². The van der Waals surface area contributed by atoms with Crippen molar-refractivity contribution in [2.24, 2.45) is 0 Å². The van der Waals surface area contributed by atoms with E-state index < -0.39 is 47.0 Å². The van der Waals surface area contributed by atoms with Crippen molar-refractivity contribution in [1.82, 2.24) is 5.32 Å². The maximum Gasteiger partial charge on any atom is 0.410 e. The second-order valence-electron chi connectivity index (χ2n) is 5.68. The number of nitrogens with one attached hydrogen (secondary N) is 1. The van der Waals surface area contributed by atoms with Crippen LogP contribution >= 0.6 is 34.8 Å². The number of fused-ring (bicyclic) bond motifs is 1. The van der Waals surface area contributed by atoms with E-state index in [1.165, 1.54) is 0 Å². The lowest BCUT2D eigenvalue weighted by Gasteiger charge is -2.48. The minimum atomic E-state index is -1.93. The summed E-state index contributed by atoms with van der Waals surface area (Å²) in [6, 6.07) is -1.21. The van der Waals surface area contributed by atoms with Crippen LogP contribution in [0.1, 0.15) is 13.8 Å². The maximum atomic E-state index is 11.8. The molecule has 0 aliphatic carbocycles. The Morgan fingerprint density at radius 3 is 2.70 bits per heavy atom. The van der Waals surface area contributed by atoms with Gasteiger partial charge in [-0.05, 0) is 13.8 Å². The number of halogens is 3. The third kappa shape index (κ3) is 4.73. The molecule has 11 heteroatoms. The summed E-state index contributed by atoms with van der Waals surface area (Å²) < 4.78 is 19.0. The van der Waals surface area contributed by atoms with Crippen LogP contribution in [0, 0.1) is 0 Å². The van der Waals surface area contributed by atoms with Gasteiger partial charge >= 0.3 is 6.09 Å². The van der Waals surface area contributed by atoms with Gasteiger partial charge in [-0.3, -0.25) is 0 Å². The molecule has 1 amide bonds. The van der Waals surface area contributed by atoms with Crippen LogP contribution in [0.5, 0.6) is 0 Å². The van der Waals surface area contributed by atoms with E-state index >= 15 is 0 Å². The van der Waals surface area contributed by atoms with E-state index in [1.54, 1.807) is 13.8 Å².